The number of fused-ring (bicyclic) bond motifs is 1. The van der Waals surface area contributed by atoms with E-state index in [1.807, 2.05) is 19.2 Å². The molecule has 1 fully saturated rings. The van der Waals surface area contributed by atoms with Crippen molar-refractivity contribution in [1.29, 1.82) is 0 Å². The fourth-order valence-corrected chi connectivity index (χ4v) is 2.84. The van der Waals surface area contributed by atoms with Crippen LogP contribution >= 0.6 is 0 Å². The summed E-state index contributed by atoms with van der Waals surface area (Å²) in [6.07, 6.45) is 6.79. The molecular formula is C13H17N3O. The molecule has 0 aliphatic heterocycles. The van der Waals surface area contributed by atoms with Crippen LogP contribution in [0.15, 0.2) is 12.3 Å². The second-order valence-electron chi connectivity index (χ2n) is 4.80. The highest BCUT2D eigenvalue weighted by molar-refractivity contribution is 5.76. The van der Waals surface area contributed by atoms with Crippen molar-refractivity contribution < 1.29 is 5.11 Å². The molecule has 2 heterocycles. The van der Waals surface area contributed by atoms with Crippen LogP contribution in [0.5, 0.6) is 0 Å². The van der Waals surface area contributed by atoms with E-state index in [9.17, 15) is 5.11 Å². The summed E-state index contributed by atoms with van der Waals surface area (Å²) in [6, 6.07) is 2.51. The molecule has 0 spiro atoms. The average molecular weight is 231 g/mol. The van der Waals surface area contributed by atoms with E-state index in [1.54, 1.807) is 0 Å². The minimum atomic E-state index is 0.0753. The maximum atomic E-state index is 9.48. The molecule has 1 N–H and O–H groups in total. The van der Waals surface area contributed by atoms with Crippen molar-refractivity contribution in [2.24, 2.45) is 0 Å². The molecule has 1 saturated carbocycles. The molecule has 1 aliphatic carbocycles. The Bertz CT molecular complexity index is 541. The van der Waals surface area contributed by atoms with Crippen LogP contribution in [-0.4, -0.2) is 19.6 Å². The lowest BCUT2D eigenvalue weighted by molar-refractivity contribution is 0.267. The second kappa shape index (κ2) is 4.11. The van der Waals surface area contributed by atoms with Crippen LogP contribution in [0, 0.1) is 6.92 Å². The van der Waals surface area contributed by atoms with Crippen LogP contribution < -0.4 is 0 Å². The topological polar surface area (TPSA) is 50.9 Å². The van der Waals surface area contributed by atoms with Crippen LogP contribution in [0.3, 0.4) is 0 Å². The highest BCUT2D eigenvalue weighted by Gasteiger charge is 2.22. The predicted octanol–water partition coefficient (Wildman–Crippen LogP) is 2.35. The molecule has 90 valence electrons. The van der Waals surface area contributed by atoms with Gasteiger partial charge in [0, 0.05) is 23.3 Å². The molecular weight excluding hydrogens is 214 g/mol. The smallest absolute Gasteiger partial charge is 0.144 e. The van der Waals surface area contributed by atoms with E-state index < -0.39 is 0 Å². The summed E-state index contributed by atoms with van der Waals surface area (Å²) in [5, 5.41) is 10.5. The van der Waals surface area contributed by atoms with E-state index in [0.29, 0.717) is 6.04 Å². The van der Waals surface area contributed by atoms with Gasteiger partial charge in [0.1, 0.15) is 11.5 Å². The van der Waals surface area contributed by atoms with Gasteiger partial charge < -0.3 is 9.67 Å². The summed E-state index contributed by atoms with van der Waals surface area (Å²) >= 11 is 0. The normalized spacial score (nSPS) is 17.1. The third-order valence-corrected chi connectivity index (χ3v) is 3.63. The van der Waals surface area contributed by atoms with E-state index in [1.165, 1.54) is 25.7 Å². The van der Waals surface area contributed by atoms with Gasteiger partial charge in [0.05, 0.1) is 6.61 Å². The third kappa shape index (κ3) is 1.72. The Morgan fingerprint density at radius 2 is 2.18 bits per heavy atom. The number of aromatic nitrogens is 3. The van der Waals surface area contributed by atoms with Crippen molar-refractivity contribution in [3.8, 4) is 0 Å². The van der Waals surface area contributed by atoms with Crippen LogP contribution in [0.2, 0.25) is 0 Å². The molecule has 1 aliphatic rings. The number of aliphatic hydroxyl groups is 1. The zero-order valence-corrected chi connectivity index (χ0v) is 10.1. The standard InChI is InChI=1S/C13H17N3O/c1-9-14-7-10-6-12(8-17)16(13(10)15-9)11-4-2-3-5-11/h6-7,11,17H,2-5,8H2,1H3. The van der Waals surface area contributed by atoms with Crippen LogP contribution in [-0.2, 0) is 6.61 Å². The maximum Gasteiger partial charge on any atom is 0.144 e. The molecule has 0 unspecified atom stereocenters. The van der Waals surface area contributed by atoms with Crippen molar-refractivity contribution in [2.45, 2.75) is 45.3 Å². The molecule has 3 rings (SSSR count). The van der Waals surface area contributed by atoms with Crippen molar-refractivity contribution in [1.82, 2.24) is 14.5 Å². The highest BCUT2D eigenvalue weighted by Crippen LogP contribution is 2.34. The van der Waals surface area contributed by atoms with Crippen LogP contribution in [0.25, 0.3) is 11.0 Å². The quantitative estimate of drug-likeness (QED) is 0.863. The molecule has 0 bridgehead atoms. The Morgan fingerprint density at radius 1 is 1.41 bits per heavy atom. The second-order valence-corrected chi connectivity index (χ2v) is 4.80. The van der Waals surface area contributed by atoms with Gasteiger partial charge in [-0.25, -0.2) is 9.97 Å². The van der Waals surface area contributed by atoms with Gasteiger partial charge >= 0.3 is 0 Å². The summed E-state index contributed by atoms with van der Waals surface area (Å²) in [6.45, 7) is 1.98. The molecule has 0 radical (unpaired) electrons. The van der Waals surface area contributed by atoms with Crippen LogP contribution in [0.4, 0.5) is 0 Å². The Morgan fingerprint density at radius 3 is 2.88 bits per heavy atom. The lowest BCUT2D eigenvalue weighted by Crippen LogP contribution is -2.09. The maximum absolute atomic E-state index is 9.48. The van der Waals surface area contributed by atoms with Gasteiger partial charge in [-0.1, -0.05) is 12.8 Å². The van der Waals surface area contributed by atoms with E-state index in [4.69, 9.17) is 0 Å². The first-order valence-electron chi connectivity index (χ1n) is 6.24. The first kappa shape index (κ1) is 10.7. The first-order valence-corrected chi connectivity index (χ1v) is 6.24. The van der Waals surface area contributed by atoms with Gasteiger partial charge in [0.25, 0.3) is 0 Å². The average Bonchev–Trinajstić information content (AvgIpc) is 2.93. The predicted molar refractivity (Wildman–Crippen MR) is 65.7 cm³/mol. The summed E-state index contributed by atoms with van der Waals surface area (Å²) in [7, 11) is 0. The van der Waals surface area contributed by atoms with Gasteiger partial charge in [-0.2, -0.15) is 0 Å². The van der Waals surface area contributed by atoms with Gasteiger partial charge in [0.15, 0.2) is 0 Å². The molecule has 17 heavy (non-hydrogen) atoms. The lowest BCUT2D eigenvalue weighted by atomic mass is 10.2. The molecule has 0 atom stereocenters. The molecule has 0 amide bonds. The Labute approximate surface area is 100 Å². The van der Waals surface area contributed by atoms with Crippen molar-refractivity contribution >= 4 is 11.0 Å². The minimum Gasteiger partial charge on any atom is -0.390 e. The molecule has 4 nitrogen and oxygen atoms in total. The zero-order valence-electron chi connectivity index (χ0n) is 10.1. The number of hydrogen-bond donors (Lipinski definition) is 1. The summed E-state index contributed by atoms with van der Waals surface area (Å²) < 4.78 is 2.22. The van der Waals surface area contributed by atoms with Crippen molar-refractivity contribution in [3.63, 3.8) is 0 Å². The number of hydrogen-bond acceptors (Lipinski definition) is 3. The number of nitrogens with zero attached hydrogens (tertiary/aromatic N) is 3. The summed E-state index contributed by atoms with van der Waals surface area (Å²) in [4.78, 5) is 8.75. The molecule has 4 heteroatoms. The molecule has 2 aromatic heterocycles. The monoisotopic (exact) mass is 231 g/mol. The summed E-state index contributed by atoms with van der Waals surface area (Å²) in [5.74, 6) is 0.791. The van der Waals surface area contributed by atoms with Gasteiger partial charge in [0.2, 0.25) is 0 Å². The first-order chi connectivity index (χ1) is 8.29. The molecule has 0 aromatic carbocycles. The van der Waals surface area contributed by atoms with Crippen molar-refractivity contribution in [3.05, 3.63) is 23.8 Å². The number of aliphatic hydroxyl groups excluding tert-OH is 1. The minimum absolute atomic E-state index is 0.0753. The van der Waals surface area contributed by atoms with E-state index >= 15 is 0 Å². The highest BCUT2D eigenvalue weighted by atomic mass is 16.3. The fourth-order valence-electron chi connectivity index (χ4n) is 2.84. The van der Waals surface area contributed by atoms with Gasteiger partial charge in [-0.3, -0.25) is 0 Å². The van der Waals surface area contributed by atoms with Crippen LogP contribution in [0.1, 0.15) is 43.2 Å². The van der Waals surface area contributed by atoms with E-state index in [-0.39, 0.29) is 6.61 Å². The Kier molecular flexibility index (Phi) is 2.59. The fraction of sp³-hybridized carbons (Fsp3) is 0.538. The summed E-state index contributed by atoms with van der Waals surface area (Å²) in [5.41, 5.74) is 1.94. The van der Waals surface area contributed by atoms with E-state index in [0.717, 1.165) is 22.6 Å². The Balaban J connectivity index is 2.20. The number of aryl methyl sites for hydroxylation is 1. The molecule has 0 saturated heterocycles. The zero-order chi connectivity index (χ0) is 11.8. The molecule has 2 aromatic rings. The largest absolute Gasteiger partial charge is 0.390 e. The lowest BCUT2D eigenvalue weighted by Gasteiger charge is -2.16. The van der Waals surface area contributed by atoms with Gasteiger partial charge in [-0.15, -0.1) is 0 Å². The van der Waals surface area contributed by atoms with E-state index in [2.05, 4.69) is 14.5 Å². The van der Waals surface area contributed by atoms with Crippen molar-refractivity contribution in [2.75, 3.05) is 0 Å². The third-order valence-electron chi connectivity index (χ3n) is 3.63. The Hall–Kier alpha value is -1.42. The SMILES string of the molecule is Cc1ncc2cc(CO)n(C3CCCC3)c2n1. The number of rotatable bonds is 2. The van der Waals surface area contributed by atoms with Gasteiger partial charge in [-0.05, 0) is 25.8 Å².